The second kappa shape index (κ2) is 7.53. The summed E-state index contributed by atoms with van der Waals surface area (Å²) in [5.74, 6) is -0.411. The van der Waals surface area contributed by atoms with E-state index in [-0.39, 0.29) is 18.4 Å². The SMILES string of the molecule is CNC(=O)CN(C)C(=O)[C@H](C)OCc1ccccc1. The van der Waals surface area contributed by atoms with Crippen LogP contribution in [0.1, 0.15) is 12.5 Å². The summed E-state index contributed by atoms with van der Waals surface area (Å²) in [7, 11) is 3.12. The molecule has 0 unspecified atom stereocenters. The summed E-state index contributed by atoms with van der Waals surface area (Å²) in [6.45, 7) is 2.10. The molecule has 0 spiro atoms. The van der Waals surface area contributed by atoms with E-state index in [0.29, 0.717) is 6.61 Å². The highest BCUT2D eigenvalue weighted by molar-refractivity contribution is 5.86. The molecular formula is C14H20N2O3. The molecule has 0 aliphatic carbocycles. The summed E-state index contributed by atoms with van der Waals surface area (Å²) in [5, 5.41) is 2.47. The number of carbonyl (C=O) groups is 2. The maximum Gasteiger partial charge on any atom is 0.251 e. The summed E-state index contributed by atoms with van der Waals surface area (Å²) >= 11 is 0. The monoisotopic (exact) mass is 264 g/mol. The fraction of sp³-hybridized carbons (Fsp3) is 0.429. The van der Waals surface area contributed by atoms with Crippen LogP contribution in [-0.4, -0.2) is 43.5 Å². The molecule has 1 N–H and O–H groups in total. The lowest BCUT2D eigenvalue weighted by atomic mass is 10.2. The zero-order valence-electron chi connectivity index (χ0n) is 11.6. The van der Waals surface area contributed by atoms with Crippen molar-refractivity contribution in [2.45, 2.75) is 19.6 Å². The molecule has 1 aromatic rings. The number of likely N-dealkylation sites (N-methyl/N-ethyl adjacent to an activating group) is 2. The number of rotatable bonds is 6. The van der Waals surface area contributed by atoms with Crippen molar-refractivity contribution < 1.29 is 14.3 Å². The van der Waals surface area contributed by atoms with Crippen LogP contribution in [0.3, 0.4) is 0 Å². The fourth-order valence-corrected chi connectivity index (χ4v) is 1.55. The number of carbonyl (C=O) groups excluding carboxylic acids is 2. The molecule has 0 saturated carbocycles. The molecule has 5 nitrogen and oxygen atoms in total. The smallest absolute Gasteiger partial charge is 0.251 e. The number of ether oxygens (including phenoxy) is 1. The normalized spacial score (nSPS) is 11.7. The van der Waals surface area contributed by atoms with Crippen LogP contribution in [0.4, 0.5) is 0 Å². The van der Waals surface area contributed by atoms with Gasteiger partial charge in [0.25, 0.3) is 5.91 Å². The van der Waals surface area contributed by atoms with E-state index < -0.39 is 6.10 Å². The van der Waals surface area contributed by atoms with Gasteiger partial charge < -0.3 is 15.0 Å². The molecule has 0 bridgehead atoms. The lowest BCUT2D eigenvalue weighted by Crippen LogP contribution is -2.41. The van der Waals surface area contributed by atoms with Gasteiger partial charge in [0.05, 0.1) is 13.2 Å². The van der Waals surface area contributed by atoms with Crippen molar-refractivity contribution >= 4 is 11.8 Å². The van der Waals surface area contributed by atoms with Crippen molar-refractivity contribution in [3.63, 3.8) is 0 Å². The number of hydrogen-bond acceptors (Lipinski definition) is 3. The van der Waals surface area contributed by atoms with Gasteiger partial charge in [0.15, 0.2) is 0 Å². The predicted octanol–water partition coefficient (Wildman–Crippen LogP) is 0.796. The van der Waals surface area contributed by atoms with Crippen LogP contribution in [0.2, 0.25) is 0 Å². The first kappa shape index (κ1) is 15.2. The van der Waals surface area contributed by atoms with Gasteiger partial charge >= 0.3 is 0 Å². The molecule has 104 valence electrons. The molecule has 1 atom stereocenters. The van der Waals surface area contributed by atoms with Crippen molar-refractivity contribution in [1.82, 2.24) is 10.2 Å². The van der Waals surface area contributed by atoms with Crippen molar-refractivity contribution in [2.75, 3.05) is 20.6 Å². The Labute approximate surface area is 113 Å². The molecule has 0 saturated heterocycles. The number of amides is 2. The Bertz CT molecular complexity index is 420. The molecule has 1 aromatic carbocycles. The lowest BCUT2D eigenvalue weighted by molar-refractivity contribution is -0.144. The average molecular weight is 264 g/mol. The molecule has 1 rings (SSSR count). The third-order valence-corrected chi connectivity index (χ3v) is 2.73. The quantitative estimate of drug-likeness (QED) is 0.826. The van der Waals surface area contributed by atoms with Gasteiger partial charge in [0.1, 0.15) is 6.10 Å². The standard InChI is InChI=1S/C14H20N2O3/c1-11(14(18)16(3)9-13(17)15-2)19-10-12-7-5-4-6-8-12/h4-8,11H,9-10H2,1-3H3,(H,15,17)/t11-/m0/s1. The zero-order valence-corrected chi connectivity index (χ0v) is 11.6. The van der Waals surface area contributed by atoms with Gasteiger partial charge in [-0.15, -0.1) is 0 Å². The highest BCUT2D eigenvalue weighted by Crippen LogP contribution is 2.05. The van der Waals surface area contributed by atoms with Gasteiger partial charge in [-0.3, -0.25) is 9.59 Å². The van der Waals surface area contributed by atoms with E-state index in [1.807, 2.05) is 30.3 Å². The second-order valence-corrected chi connectivity index (χ2v) is 4.31. The van der Waals surface area contributed by atoms with E-state index in [2.05, 4.69) is 5.32 Å². The molecule has 0 radical (unpaired) electrons. The first-order valence-corrected chi connectivity index (χ1v) is 6.15. The van der Waals surface area contributed by atoms with E-state index in [4.69, 9.17) is 4.74 Å². The van der Waals surface area contributed by atoms with E-state index in [1.165, 1.54) is 11.9 Å². The van der Waals surface area contributed by atoms with Crippen LogP contribution in [-0.2, 0) is 20.9 Å². The third kappa shape index (κ3) is 5.09. The lowest BCUT2D eigenvalue weighted by Gasteiger charge is -2.20. The Kier molecular flexibility index (Phi) is 6.02. The molecule has 0 heterocycles. The van der Waals surface area contributed by atoms with Crippen molar-refractivity contribution in [2.24, 2.45) is 0 Å². The van der Waals surface area contributed by atoms with Gasteiger partial charge in [0.2, 0.25) is 5.91 Å². The Hall–Kier alpha value is -1.88. The van der Waals surface area contributed by atoms with Gasteiger partial charge in [0, 0.05) is 14.1 Å². The maximum absolute atomic E-state index is 11.9. The Morgan fingerprint density at radius 1 is 1.32 bits per heavy atom. The molecule has 2 amide bonds. The fourth-order valence-electron chi connectivity index (χ4n) is 1.55. The maximum atomic E-state index is 11.9. The van der Waals surface area contributed by atoms with Gasteiger partial charge in [-0.1, -0.05) is 30.3 Å². The zero-order chi connectivity index (χ0) is 14.3. The minimum Gasteiger partial charge on any atom is -0.364 e. The highest BCUT2D eigenvalue weighted by atomic mass is 16.5. The first-order chi connectivity index (χ1) is 9.04. The number of nitrogens with one attached hydrogen (secondary N) is 1. The van der Waals surface area contributed by atoms with Crippen LogP contribution in [0, 0.1) is 0 Å². The molecule has 0 aliphatic heterocycles. The number of benzene rings is 1. The largest absolute Gasteiger partial charge is 0.364 e. The van der Waals surface area contributed by atoms with Crippen LogP contribution in [0.25, 0.3) is 0 Å². The summed E-state index contributed by atoms with van der Waals surface area (Å²) < 4.78 is 5.50. The predicted molar refractivity (Wildman–Crippen MR) is 72.4 cm³/mol. The number of hydrogen-bond donors (Lipinski definition) is 1. The molecule has 0 aromatic heterocycles. The van der Waals surface area contributed by atoms with E-state index in [9.17, 15) is 9.59 Å². The van der Waals surface area contributed by atoms with E-state index >= 15 is 0 Å². The minimum atomic E-state index is -0.574. The molecule has 0 fully saturated rings. The Morgan fingerprint density at radius 3 is 2.53 bits per heavy atom. The molecule has 5 heteroatoms. The summed E-state index contributed by atoms with van der Waals surface area (Å²) in [4.78, 5) is 24.5. The topological polar surface area (TPSA) is 58.6 Å². The summed E-state index contributed by atoms with van der Waals surface area (Å²) in [5.41, 5.74) is 1.01. The Morgan fingerprint density at radius 2 is 1.95 bits per heavy atom. The number of nitrogens with zero attached hydrogens (tertiary/aromatic N) is 1. The van der Waals surface area contributed by atoms with Gasteiger partial charge in [-0.05, 0) is 12.5 Å². The summed E-state index contributed by atoms with van der Waals surface area (Å²) in [6.07, 6.45) is -0.574. The Balaban J connectivity index is 2.42. The molecule has 0 aliphatic rings. The molecule has 19 heavy (non-hydrogen) atoms. The van der Waals surface area contributed by atoms with Crippen LogP contribution in [0.15, 0.2) is 30.3 Å². The van der Waals surface area contributed by atoms with Crippen LogP contribution >= 0.6 is 0 Å². The van der Waals surface area contributed by atoms with Crippen molar-refractivity contribution in [3.05, 3.63) is 35.9 Å². The van der Waals surface area contributed by atoms with E-state index in [1.54, 1.807) is 14.0 Å². The van der Waals surface area contributed by atoms with Gasteiger partial charge in [-0.2, -0.15) is 0 Å². The average Bonchev–Trinajstić information content (AvgIpc) is 2.44. The van der Waals surface area contributed by atoms with Crippen LogP contribution in [0.5, 0.6) is 0 Å². The first-order valence-electron chi connectivity index (χ1n) is 6.15. The third-order valence-electron chi connectivity index (χ3n) is 2.73. The highest BCUT2D eigenvalue weighted by Gasteiger charge is 2.19. The van der Waals surface area contributed by atoms with Gasteiger partial charge in [-0.25, -0.2) is 0 Å². The minimum absolute atomic E-state index is 0.0361. The molecular weight excluding hydrogens is 244 g/mol. The van der Waals surface area contributed by atoms with Crippen molar-refractivity contribution in [3.8, 4) is 0 Å². The summed E-state index contributed by atoms with van der Waals surface area (Å²) in [6, 6.07) is 9.64. The van der Waals surface area contributed by atoms with E-state index in [0.717, 1.165) is 5.56 Å². The van der Waals surface area contributed by atoms with Crippen LogP contribution < -0.4 is 5.32 Å². The second-order valence-electron chi connectivity index (χ2n) is 4.31. The van der Waals surface area contributed by atoms with Crippen molar-refractivity contribution in [1.29, 1.82) is 0 Å².